The quantitative estimate of drug-likeness (QED) is 0.618. The SMILES string of the molecule is CC(=O)Nc1cc(Oc2ccc3c(c2)nc(NCCN2CCOCC2)n3C)ccn1. The van der Waals surface area contributed by atoms with E-state index in [1.807, 2.05) is 29.8 Å². The molecule has 0 atom stereocenters. The van der Waals surface area contributed by atoms with Crippen LogP contribution in [0.2, 0.25) is 0 Å². The molecule has 1 aromatic carbocycles. The van der Waals surface area contributed by atoms with Crippen molar-refractivity contribution in [1.82, 2.24) is 19.4 Å². The van der Waals surface area contributed by atoms with Gasteiger partial charge in [-0.15, -0.1) is 0 Å². The first kappa shape index (κ1) is 20.1. The molecule has 0 spiro atoms. The van der Waals surface area contributed by atoms with E-state index < -0.39 is 0 Å². The molecule has 3 aromatic rings. The molecule has 1 amide bonds. The Balaban J connectivity index is 1.43. The summed E-state index contributed by atoms with van der Waals surface area (Å²) in [6, 6.07) is 9.22. The smallest absolute Gasteiger partial charge is 0.222 e. The van der Waals surface area contributed by atoms with Crippen LogP contribution in [0.4, 0.5) is 11.8 Å². The Labute approximate surface area is 175 Å². The van der Waals surface area contributed by atoms with Crippen molar-refractivity contribution in [3.05, 3.63) is 36.5 Å². The Morgan fingerprint density at radius 1 is 1.20 bits per heavy atom. The molecule has 1 saturated heterocycles. The van der Waals surface area contributed by atoms with Gasteiger partial charge in [0.15, 0.2) is 0 Å². The minimum Gasteiger partial charge on any atom is -0.457 e. The van der Waals surface area contributed by atoms with Crippen LogP contribution in [0.25, 0.3) is 11.0 Å². The monoisotopic (exact) mass is 410 g/mol. The van der Waals surface area contributed by atoms with Gasteiger partial charge in [0.2, 0.25) is 11.9 Å². The van der Waals surface area contributed by atoms with Crippen molar-refractivity contribution in [2.45, 2.75) is 6.92 Å². The zero-order valence-corrected chi connectivity index (χ0v) is 17.2. The van der Waals surface area contributed by atoms with E-state index in [9.17, 15) is 4.79 Å². The summed E-state index contributed by atoms with van der Waals surface area (Å²) in [4.78, 5) is 22.4. The van der Waals surface area contributed by atoms with Crippen LogP contribution >= 0.6 is 0 Å². The number of aromatic nitrogens is 3. The Morgan fingerprint density at radius 2 is 2.00 bits per heavy atom. The number of benzene rings is 1. The van der Waals surface area contributed by atoms with Gasteiger partial charge in [-0.2, -0.15) is 0 Å². The number of fused-ring (bicyclic) bond motifs is 1. The zero-order chi connectivity index (χ0) is 20.9. The van der Waals surface area contributed by atoms with Gasteiger partial charge in [-0.1, -0.05) is 0 Å². The van der Waals surface area contributed by atoms with E-state index in [1.54, 1.807) is 18.3 Å². The Hall–Kier alpha value is -3.17. The molecule has 1 aliphatic heterocycles. The van der Waals surface area contributed by atoms with Crippen LogP contribution in [0.1, 0.15) is 6.92 Å². The standard InChI is InChI=1S/C21H26N6O3/c1-15(28)24-20-14-17(5-6-22-20)30-16-3-4-19-18(13-16)25-21(26(19)2)23-7-8-27-9-11-29-12-10-27/h3-6,13-14H,7-12H2,1-2H3,(H,23,25)(H,22,24,28). The van der Waals surface area contributed by atoms with E-state index in [0.717, 1.165) is 56.4 Å². The molecule has 1 fully saturated rings. The van der Waals surface area contributed by atoms with E-state index in [-0.39, 0.29) is 5.91 Å². The van der Waals surface area contributed by atoms with Crippen molar-refractivity contribution in [3.8, 4) is 11.5 Å². The van der Waals surface area contributed by atoms with Crippen LogP contribution in [0.5, 0.6) is 11.5 Å². The minimum absolute atomic E-state index is 0.178. The van der Waals surface area contributed by atoms with Crippen LogP contribution in [0, 0.1) is 0 Å². The second-order valence-electron chi connectivity index (χ2n) is 7.19. The van der Waals surface area contributed by atoms with Crippen LogP contribution in [-0.4, -0.2) is 64.7 Å². The third-order valence-corrected chi connectivity index (χ3v) is 4.94. The zero-order valence-electron chi connectivity index (χ0n) is 17.2. The average Bonchev–Trinajstić information content (AvgIpc) is 3.04. The fraction of sp³-hybridized carbons (Fsp3) is 0.381. The highest BCUT2D eigenvalue weighted by Gasteiger charge is 2.12. The molecule has 30 heavy (non-hydrogen) atoms. The van der Waals surface area contributed by atoms with Crippen molar-refractivity contribution in [1.29, 1.82) is 0 Å². The predicted octanol–water partition coefficient (Wildman–Crippen LogP) is 2.46. The molecular weight excluding hydrogens is 384 g/mol. The van der Waals surface area contributed by atoms with Gasteiger partial charge in [-0.05, 0) is 18.2 Å². The van der Waals surface area contributed by atoms with Gasteiger partial charge in [0.25, 0.3) is 0 Å². The van der Waals surface area contributed by atoms with Gasteiger partial charge < -0.3 is 24.7 Å². The maximum atomic E-state index is 11.2. The lowest BCUT2D eigenvalue weighted by Gasteiger charge is -2.26. The highest BCUT2D eigenvalue weighted by Crippen LogP contribution is 2.27. The number of imidazole rings is 1. The van der Waals surface area contributed by atoms with Gasteiger partial charge in [-0.25, -0.2) is 9.97 Å². The summed E-state index contributed by atoms with van der Waals surface area (Å²) in [5, 5.41) is 6.07. The number of pyridine rings is 1. The molecule has 1 aliphatic rings. The number of ether oxygens (including phenoxy) is 2. The number of aryl methyl sites for hydroxylation is 1. The number of amides is 1. The summed E-state index contributed by atoms with van der Waals surface area (Å²) in [5.74, 6) is 2.36. The van der Waals surface area contributed by atoms with Gasteiger partial charge in [0.05, 0.1) is 24.2 Å². The second kappa shape index (κ2) is 9.10. The maximum Gasteiger partial charge on any atom is 0.222 e. The third kappa shape index (κ3) is 4.87. The van der Waals surface area contributed by atoms with E-state index in [0.29, 0.717) is 17.3 Å². The molecule has 0 bridgehead atoms. The number of carbonyl (C=O) groups is 1. The fourth-order valence-electron chi connectivity index (χ4n) is 3.41. The summed E-state index contributed by atoms with van der Waals surface area (Å²) < 4.78 is 13.4. The Morgan fingerprint density at radius 3 is 2.80 bits per heavy atom. The molecular formula is C21H26N6O3. The van der Waals surface area contributed by atoms with Crippen molar-refractivity contribution >= 4 is 28.7 Å². The number of morpholine rings is 1. The highest BCUT2D eigenvalue weighted by molar-refractivity contribution is 5.87. The van der Waals surface area contributed by atoms with Gasteiger partial charge in [-0.3, -0.25) is 9.69 Å². The molecule has 0 radical (unpaired) electrons. The lowest BCUT2D eigenvalue weighted by molar-refractivity contribution is -0.114. The summed E-state index contributed by atoms with van der Waals surface area (Å²) in [6.45, 7) is 6.78. The van der Waals surface area contributed by atoms with Crippen molar-refractivity contribution in [3.63, 3.8) is 0 Å². The molecule has 2 N–H and O–H groups in total. The average molecular weight is 410 g/mol. The molecule has 0 unspecified atom stereocenters. The third-order valence-electron chi connectivity index (χ3n) is 4.94. The minimum atomic E-state index is -0.178. The summed E-state index contributed by atoms with van der Waals surface area (Å²) in [7, 11) is 2.00. The largest absolute Gasteiger partial charge is 0.457 e. The normalized spacial score (nSPS) is 14.6. The predicted molar refractivity (Wildman–Crippen MR) is 115 cm³/mol. The van der Waals surface area contributed by atoms with Crippen LogP contribution < -0.4 is 15.4 Å². The number of carbonyl (C=O) groups excluding carboxylic acids is 1. The molecule has 4 rings (SSSR count). The first-order valence-corrected chi connectivity index (χ1v) is 10.0. The number of rotatable bonds is 7. The van der Waals surface area contributed by atoms with Crippen LogP contribution in [0.3, 0.4) is 0 Å². The Bertz CT molecular complexity index is 1030. The Kier molecular flexibility index (Phi) is 6.10. The van der Waals surface area contributed by atoms with E-state index >= 15 is 0 Å². The van der Waals surface area contributed by atoms with E-state index in [2.05, 4.69) is 20.5 Å². The second-order valence-corrected chi connectivity index (χ2v) is 7.19. The number of hydrogen-bond donors (Lipinski definition) is 2. The van der Waals surface area contributed by atoms with Crippen molar-refractivity contribution < 1.29 is 14.3 Å². The molecule has 3 heterocycles. The number of nitrogens with zero attached hydrogens (tertiary/aromatic N) is 4. The van der Waals surface area contributed by atoms with E-state index in [1.165, 1.54) is 6.92 Å². The lowest BCUT2D eigenvalue weighted by atomic mass is 10.3. The molecule has 0 saturated carbocycles. The van der Waals surface area contributed by atoms with Gasteiger partial charge in [0, 0.05) is 58.5 Å². The van der Waals surface area contributed by atoms with Crippen LogP contribution in [-0.2, 0) is 16.6 Å². The number of hydrogen-bond acceptors (Lipinski definition) is 7. The fourth-order valence-corrected chi connectivity index (χ4v) is 3.41. The lowest BCUT2D eigenvalue weighted by Crippen LogP contribution is -2.39. The molecule has 0 aliphatic carbocycles. The number of anilines is 2. The molecule has 9 heteroatoms. The van der Waals surface area contributed by atoms with E-state index in [4.69, 9.17) is 14.5 Å². The summed E-state index contributed by atoms with van der Waals surface area (Å²) in [5.41, 5.74) is 1.87. The van der Waals surface area contributed by atoms with Crippen molar-refractivity contribution in [2.24, 2.45) is 7.05 Å². The first-order valence-electron chi connectivity index (χ1n) is 10.0. The molecule has 9 nitrogen and oxygen atoms in total. The first-order chi connectivity index (χ1) is 14.6. The maximum absolute atomic E-state index is 11.2. The van der Waals surface area contributed by atoms with Crippen LogP contribution in [0.15, 0.2) is 36.5 Å². The molecule has 158 valence electrons. The van der Waals surface area contributed by atoms with Crippen molar-refractivity contribution in [2.75, 3.05) is 50.0 Å². The molecule has 2 aromatic heterocycles. The summed E-state index contributed by atoms with van der Waals surface area (Å²) in [6.07, 6.45) is 1.59. The summed E-state index contributed by atoms with van der Waals surface area (Å²) >= 11 is 0. The highest BCUT2D eigenvalue weighted by atomic mass is 16.5. The topological polar surface area (TPSA) is 93.5 Å². The van der Waals surface area contributed by atoms with Gasteiger partial charge in [0.1, 0.15) is 17.3 Å². The van der Waals surface area contributed by atoms with Gasteiger partial charge >= 0.3 is 0 Å². The number of nitrogens with one attached hydrogen (secondary N) is 2.